The normalized spacial score (nSPS) is 15.7. The Morgan fingerprint density at radius 1 is 1.21 bits per heavy atom. The molecule has 1 aliphatic heterocycles. The highest BCUT2D eigenvalue weighted by Gasteiger charge is 2.34. The minimum absolute atomic E-state index is 0.00785. The van der Waals surface area contributed by atoms with Crippen LogP contribution in [0.25, 0.3) is 11.0 Å². The van der Waals surface area contributed by atoms with Gasteiger partial charge in [-0.3, -0.25) is 14.3 Å². The Bertz CT molecular complexity index is 1100. The number of hydrogen-bond acceptors (Lipinski definition) is 4. The lowest BCUT2D eigenvalue weighted by atomic mass is 9.94. The second kappa shape index (κ2) is 7.59. The van der Waals surface area contributed by atoms with Crippen LogP contribution in [0.2, 0.25) is 0 Å². The molecule has 29 heavy (non-hydrogen) atoms. The van der Waals surface area contributed by atoms with Gasteiger partial charge in [-0.1, -0.05) is 6.07 Å². The van der Waals surface area contributed by atoms with Gasteiger partial charge in [0.05, 0.1) is 28.8 Å². The highest BCUT2D eigenvalue weighted by Crippen LogP contribution is 2.31. The average Bonchev–Trinajstić information content (AvgIpc) is 2.70. The van der Waals surface area contributed by atoms with E-state index in [1.165, 1.54) is 16.8 Å². The fourth-order valence-electron chi connectivity index (χ4n) is 3.86. The summed E-state index contributed by atoms with van der Waals surface area (Å²) in [7, 11) is 0. The molecular weight excluding hydrogens is 381 g/mol. The molecule has 152 valence electrons. The quantitative estimate of drug-likeness (QED) is 0.727. The van der Waals surface area contributed by atoms with Crippen molar-refractivity contribution in [2.24, 2.45) is 0 Å². The number of nitrogens with one attached hydrogen (secondary N) is 1. The van der Waals surface area contributed by atoms with Crippen LogP contribution in [0, 0.1) is 6.92 Å². The molecule has 1 fully saturated rings. The summed E-state index contributed by atoms with van der Waals surface area (Å²) in [6.07, 6.45) is -1.67. The number of alkyl halides is 3. The Morgan fingerprint density at radius 2 is 1.97 bits per heavy atom. The molecule has 8 heteroatoms. The van der Waals surface area contributed by atoms with Crippen molar-refractivity contribution in [2.45, 2.75) is 38.4 Å². The summed E-state index contributed by atoms with van der Waals surface area (Å²) < 4.78 is 41.8. The van der Waals surface area contributed by atoms with Crippen molar-refractivity contribution in [3.8, 4) is 0 Å². The highest BCUT2D eigenvalue weighted by molar-refractivity contribution is 5.76. The minimum Gasteiger partial charge on any atom is -0.317 e. The number of benzene rings is 1. The number of hydrogen-bond donors (Lipinski definition) is 1. The number of halogens is 3. The molecule has 4 rings (SSSR count). The van der Waals surface area contributed by atoms with E-state index in [1.54, 1.807) is 6.07 Å². The Morgan fingerprint density at radius 3 is 2.69 bits per heavy atom. The number of aryl methyl sites for hydroxylation is 1. The standard InChI is InChI=1S/C21H21F3N4O/c1-13-4-5-16-18(11-13)28(12-17-15(21(22,23)24)3-2-8-26-17)20(29)19(27-16)14-6-9-25-10-7-14/h2-5,8,11,14,25H,6-7,9-10,12H2,1H3. The summed E-state index contributed by atoms with van der Waals surface area (Å²) in [6.45, 7) is 3.19. The van der Waals surface area contributed by atoms with Gasteiger partial charge < -0.3 is 5.32 Å². The molecule has 0 atom stereocenters. The molecule has 0 saturated carbocycles. The van der Waals surface area contributed by atoms with Crippen LogP contribution >= 0.6 is 0 Å². The second-order valence-corrected chi connectivity index (χ2v) is 7.40. The lowest BCUT2D eigenvalue weighted by Crippen LogP contribution is -2.33. The third-order valence-electron chi connectivity index (χ3n) is 5.36. The first-order chi connectivity index (χ1) is 13.8. The van der Waals surface area contributed by atoms with Crippen LogP contribution < -0.4 is 10.9 Å². The van der Waals surface area contributed by atoms with E-state index in [2.05, 4.69) is 15.3 Å². The molecule has 3 aromatic rings. The van der Waals surface area contributed by atoms with E-state index in [9.17, 15) is 18.0 Å². The Kier molecular flexibility index (Phi) is 5.12. The van der Waals surface area contributed by atoms with E-state index in [0.29, 0.717) is 16.7 Å². The van der Waals surface area contributed by atoms with Gasteiger partial charge >= 0.3 is 6.18 Å². The van der Waals surface area contributed by atoms with Gasteiger partial charge in [0.2, 0.25) is 0 Å². The zero-order chi connectivity index (χ0) is 20.6. The molecule has 0 spiro atoms. The number of rotatable bonds is 3. The van der Waals surface area contributed by atoms with Gasteiger partial charge in [0.1, 0.15) is 5.69 Å². The molecule has 1 aromatic carbocycles. The average molecular weight is 402 g/mol. The molecule has 1 N–H and O–H groups in total. The van der Waals surface area contributed by atoms with Crippen LogP contribution in [-0.2, 0) is 12.7 Å². The first-order valence-corrected chi connectivity index (χ1v) is 9.57. The largest absolute Gasteiger partial charge is 0.418 e. The molecule has 0 aliphatic carbocycles. The molecule has 0 unspecified atom stereocenters. The maximum absolute atomic E-state index is 13.5. The molecule has 0 radical (unpaired) electrons. The van der Waals surface area contributed by atoms with Gasteiger partial charge in [-0.25, -0.2) is 4.98 Å². The third kappa shape index (κ3) is 3.89. The van der Waals surface area contributed by atoms with Crippen molar-refractivity contribution in [3.63, 3.8) is 0 Å². The highest BCUT2D eigenvalue weighted by atomic mass is 19.4. The van der Waals surface area contributed by atoms with E-state index in [4.69, 9.17) is 0 Å². The number of aromatic nitrogens is 3. The summed E-state index contributed by atoms with van der Waals surface area (Å²) in [4.78, 5) is 21.9. The van der Waals surface area contributed by atoms with Crippen molar-refractivity contribution >= 4 is 11.0 Å². The van der Waals surface area contributed by atoms with Crippen LogP contribution in [-0.4, -0.2) is 27.6 Å². The smallest absolute Gasteiger partial charge is 0.317 e. The summed E-state index contributed by atoms with van der Waals surface area (Å²) in [5.74, 6) is -0.00785. The van der Waals surface area contributed by atoms with Crippen molar-refractivity contribution in [1.82, 2.24) is 19.9 Å². The molecule has 2 aromatic heterocycles. The SMILES string of the molecule is Cc1ccc2nc(C3CCNCC3)c(=O)n(Cc3ncccc3C(F)(F)F)c2c1. The Labute approximate surface area is 165 Å². The zero-order valence-corrected chi connectivity index (χ0v) is 16.0. The van der Waals surface area contributed by atoms with Crippen molar-refractivity contribution < 1.29 is 13.2 Å². The summed E-state index contributed by atoms with van der Waals surface area (Å²) >= 11 is 0. The molecule has 0 amide bonds. The van der Waals surface area contributed by atoms with Gasteiger partial charge in [-0.15, -0.1) is 0 Å². The van der Waals surface area contributed by atoms with Crippen LogP contribution in [0.15, 0.2) is 41.3 Å². The topological polar surface area (TPSA) is 59.8 Å². The van der Waals surface area contributed by atoms with E-state index in [1.807, 2.05) is 19.1 Å². The fourth-order valence-corrected chi connectivity index (χ4v) is 3.86. The number of fused-ring (bicyclic) bond motifs is 1. The summed E-state index contributed by atoms with van der Waals surface area (Å²) in [6, 6.07) is 7.73. The molecule has 1 saturated heterocycles. The van der Waals surface area contributed by atoms with Crippen LogP contribution in [0.4, 0.5) is 13.2 Å². The van der Waals surface area contributed by atoms with Gasteiger partial charge in [0.25, 0.3) is 5.56 Å². The number of pyridine rings is 1. The summed E-state index contributed by atoms with van der Waals surface area (Å²) in [5.41, 5.74) is 1.11. The van der Waals surface area contributed by atoms with Crippen molar-refractivity contribution in [1.29, 1.82) is 0 Å². The maximum atomic E-state index is 13.5. The first-order valence-electron chi connectivity index (χ1n) is 9.57. The Balaban J connectivity index is 1.90. The van der Waals surface area contributed by atoms with Crippen LogP contribution in [0.5, 0.6) is 0 Å². The Hall–Kier alpha value is -2.74. The van der Waals surface area contributed by atoms with E-state index >= 15 is 0 Å². The third-order valence-corrected chi connectivity index (χ3v) is 5.36. The monoisotopic (exact) mass is 402 g/mol. The lowest BCUT2D eigenvalue weighted by Gasteiger charge is -2.23. The summed E-state index contributed by atoms with van der Waals surface area (Å²) in [5, 5.41) is 3.26. The van der Waals surface area contributed by atoms with E-state index in [-0.39, 0.29) is 23.7 Å². The van der Waals surface area contributed by atoms with Gasteiger partial charge in [0, 0.05) is 12.1 Å². The number of piperidine rings is 1. The van der Waals surface area contributed by atoms with Gasteiger partial charge in [0.15, 0.2) is 0 Å². The molecule has 5 nitrogen and oxygen atoms in total. The maximum Gasteiger partial charge on any atom is 0.418 e. The van der Waals surface area contributed by atoms with Gasteiger partial charge in [-0.2, -0.15) is 13.2 Å². The van der Waals surface area contributed by atoms with Crippen molar-refractivity contribution in [3.05, 3.63) is 69.4 Å². The molecular formula is C21H21F3N4O. The first kappa shape index (κ1) is 19.6. The van der Waals surface area contributed by atoms with Crippen LogP contribution in [0.1, 0.15) is 41.3 Å². The molecule has 3 heterocycles. The zero-order valence-electron chi connectivity index (χ0n) is 16.0. The minimum atomic E-state index is -4.54. The second-order valence-electron chi connectivity index (χ2n) is 7.40. The fraction of sp³-hybridized carbons (Fsp3) is 0.381. The van der Waals surface area contributed by atoms with E-state index < -0.39 is 11.7 Å². The molecule has 0 bridgehead atoms. The predicted molar refractivity (Wildman–Crippen MR) is 104 cm³/mol. The van der Waals surface area contributed by atoms with Gasteiger partial charge in [-0.05, 0) is 62.7 Å². The predicted octanol–water partition coefficient (Wildman–Crippen LogP) is 3.63. The lowest BCUT2D eigenvalue weighted by molar-refractivity contribution is -0.138. The van der Waals surface area contributed by atoms with Crippen LogP contribution in [0.3, 0.4) is 0 Å². The van der Waals surface area contributed by atoms with Crippen molar-refractivity contribution in [2.75, 3.05) is 13.1 Å². The number of nitrogens with zero attached hydrogens (tertiary/aromatic N) is 3. The van der Waals surface area contributed by atoms with E-state index in [0.717, 1.165) is 37.6 Å². The molecule has 1 aliphatic rings.